The number of carbonyl (C=O) groups excluding carboxylic acids is 1. The van der Waals surface area contributed by atoms with E-state index in [9.17, 15) is 4.79 Å². The second kappa shape index (κ2) is 5.81. The van der Waals surface area contributed by atoms with E-state index in [0.717, 1.165) is 11.1 Å². The highest BCUT2D eigenvalue weighted by Gasteiger charge is 2.21. The van der Waals surface area contributed by atoms with Gasteiger partial charge in [0.1, 0.15) is 22.8 Å². The molecule has 0 aliphatic heterocycles. The van der Waals surface area contributed by atoms with Gasteiger partial charge >= 0.3 is 0 Å². The van der Waals surface area contributed by atoms with Crippen molar-refractivity contribution in [3.8, 4) is 11.3 Å². The van der Waals surface area contributed by atoms with Gasteiger partial charge in [-0.15, -0.1) is 0 Å². The lowest BCUT2D eigenvalue weighted by Gasteiger charge is -2.05. The molecule has 0 radical (unpaired) electrons. The third kappa shape index (κ3) is 2.74. The normalized spacial score (nSPS) is 10.5. The summed E-state index contributed by atoms with van der Waals surface area (Å²) in [7, 11) is 0. The molecular weight excluding hydrogens is 278 g/mol. The second-order valence-electron chi connectivity index (χ2n) is 5.00. The van der Waals surface area contributed by atoms with Crippen molar-refractivity contribution in [2.24, 2.45) is 0 Å². The van der Waals surface area contributed by atoms with Gasteiger partial charge in [-0.3, -0.25) is 4.79 Å². The molecule has 0 saturated carbocycles. The van der Waals surface area contributed by atoms with Gasteiger partial charge in [0.05, 0.1) is 0 Å². The van der Waals surface area contributed by atoms with Crippen molar-refractivity contribution in [1.82, 2.24) is 10.1 Å². The van der Waals surface area contributed by atoms with Crippen LogP contribution in [0.4, 0.5) is 5.82 Å². The highest BCUT2D eigenvalue weighted by atomic mass is 16.5. The Bertz CT molecular complexity index is 810. The first kappa shape index (κ1) is 14.0. The molecular formula is C17H15N3O2. The molecule has 5 heteroatoms. The number of carbonyl (C=O) groups is 1. The lowest BCUT2D eigenvalue weighted by atomic mass is 10.1. The van der Waals surface area contributed by atoms with Crippen LogP contribution in [-0.4, -0.2) is 16.0 Å². The van der Waals surface area contributed by atoms with Gasteiger partial charge in [-0.1, -0.05) is 35.5 Å². The molecule has 5 nitrogen and oxygen atoms in total. The topological polar surface area (TPSA) is 68.0 Å². The van der Waals surface area contributed by atoms with Crippen LogP contribution in [0.1, 0.15) is 21.7 Å². The van der Waals surface area contributed by atoms with E-state index in [4.69, 9.17) is 4.52 Å². The predicted molar refractivity (Wildman–Crippen MR) is 83.6 cm³/mol. The number of rotatable bonds is 3. The predicted octanol–water partition coefficient (Wildman–Crippen LogP) is 3.61. The summed E-state index contributed by atoms with van der Waals surface area (Å²) in [6.07, 6.45) is 1.66. The van der Waals surface area contributed by atoms with Gasteiger partial charge in [-0.25, -0.2) is 4.98 Å². The smallest absolute Gasteiger partial charge is 0.262 e. The quantitative estimate of drug-likeness (QED) is 0.801. The van der Waals surface area contributed by atoms with Crippen LogP contribution in [0.3, 0.4) is 0 Å². The molecule has 2 heterocycles. The molecule has 1 N–H and O–H groups in total. The Morgan fingerprint density at radius 2 is 1.91 bits per heavy atom. The Balaban J connectivity index is 1.95. The van der Waals surface area contributed by atoms with Crippen LogP contribution in [0, 0.1) is 13.8 Å². The Labute approximate surface area is 128 Å². The zero-order chi connectivity index (χ0) is 15.5. The lowest BCUT2D eigenvalue weighted by Crippen LogP contribution is -2.14. The molecule has 22 heavy (non-hydrogen) atoms. The minimum atomic E-state index is -0.282. The van der Waals surface area contributed by atoms with Crippen molar-refractivity contribution >= 4 is 11.7 Å². The van der Waals surface area contributed by atoms with Gasteiger partial charge in [0.15, 0.2) is 0 Å². The number of nitrogens with zero attached hydrogens (tertiary/aromatic N) is 2. The van der Waals surface area contributed by atoms with Gasteiger partial charge in [-0.2, -0.15) is 0 Å². The number of amides is 1. The molecule has 1 aromatic carbocycles. The summed E-state index contributed by atoms with van der Waals surface area (Å²) in [5.74, 6) is 0.698. The number of hydrogen-bond donors (Lipinski definition) is 1. The molecule has 0 aliphatic carbocycles. The van der Waals surface area contributed by atoms with Crippen LogP contribution in [0.25, 0.3) is 11.3 Å². The fourth-order valence-corrected chi connectivity index (χ4v) is 2.22. The SMILES string of the molecule is Cc1ccnc(NC(=O)c2c(-c3ccccc3)noc2C)c1. The fourth-order valence-electron chi connectivity index (χ4n) is 2.22. The van der Waals surface area contributed by atoms with Crippen molar-refractivity contribution < 1.29 is 9.32 Å². The first-order valence-electron chi connectivity index (χ1n) is 6.91. The fraction of sp³-hybridized carbons (Fsp3) is 0.118. The number of pyridine rings is 1. The molecule has 3 aromatic rings. The van der Waals surface area contributed by atoms with Crippen LogP contribution in [0.2, 0.25) is 0 Å². The molecule has 0 unspecified atom stereocenters. The summed E-state index contributed by atoms with van der Waals surface area (Å²) >= 11 is 0. The number of anilines is 1. The molecule has 0 aliphatic rings. The van der Waals surface area contributed by atoms with Crippen molar-refractivity contribution in [2.45, 2.75) is 13.8 Å². The minimum absolute atomic E-state index is 0.282. The van der Waals surface area contributed by atoms with E-state index in [2.05, 4.69) is 15.5 Å². The third-order valence-corrected chi connectivity index (χ3v) is 3.29. The van der Waals surface area contributed by atoms with Crippen molar-refractivity contribution in [2.75, 3.05) is 5.32 Å². The average Bonchev–Trinajstić information content (AvgIpc) is 2.90. The van der Waals surface area contributed by atoms with Crippen LogP contribution >= 0.6 is 0 Å². The van der Waals surface area contributed by atoms with E-state index in [1.807, 2.05) is 49.4 Å². The summed E-state index contributed by atoms with van der Waals surface area (Å²) in [5.41, 5.74) is 2.81. The van der Waals surface area contributed by atoms with Gasteiger partial charge in [0.2, 0.25) is 0 Å². The zero-order valence-corrected chi connectivity index (χ0v) is 12.3. The lowest BCUT2D eigenvalue weighted by molar-refractivity contribution is 0.102. The van der Waals surface area contributed by atoms with Gasteiger partial charge in [0, 0.05) is 11.8 Å². The number of nitrogens with one attached hydrogen (secondary N) is 1. The van der Waals surface area contributed by atoms with Gasteiger partial charge < -0.3 is 9.84 Å². The first-order chi connectivity index (χ1) is 10.6. The van der Waals surface area contributed by atoms with Crippen molar-refractivity contribution in [3.63, 3.8) is 0 Å². The Hall–Kier alpha value is -2.95. The number of hydrogen-bond acceptors (Lipinski definition) is 4. The van der Waals surface area contributed by atoms with Crippen molar-refractivity contribution in [3.05, 3.63) is 65.5 Å². The van der Waals surface area contributed by atoms with Crippen LogP contribution in [0.15, 0.2) is 53.2 Å². The summed E-state index contributed by atoms with van der Waals surface area (Å²) in [6, 6.07) is 13.1. The molecule has 110 valence electrons. The highest BCUT2D eigenvalue weighted by molar-refractivity contribution is 6.08. The minimum Gasteiger partial charge on any atom is -0.360 e. The zero-order valence-electron chi connectivity index (χ0n) is 12.3. The summed E-state index contributed by atoms with van der Waals surface area (Å²) in [6.45, 7) is 3.66. The maximum absolute atomic E-state index is 12.6. The maximum Gasteiger partial charge on any atom is 0.262 e. The summed E-state index contributed by atoms with van der Waals surface area (Å²) in [4.78, 5) is 16.7. The molecule has 1 amide bonds. The molecule has 3 rings (SSSR count). The standard InChI is InChI=1S/C17H15N3O2/c1-11-8-9-18-14(10-11)19-17(21)15-12(2)22-20-16(15)13-6-4-3-5-7-13/h3-10H,1-2H3,(H,18,19,21). The summed E-state index contributed by atoms with van der Waals surface area (Å²) < 4.78 is 5.20. The van der Waals surface area contributed by atoms with E-state index in [0.29, 0.717) is 22.8 Å². The van der Waals surface area contributed by atoms with E-state index in [1.165, 1.54) is 0 Å². The van der Waals surface area contributed by atoms with Crippen LogP contribution < -0.4 is 5.32 Å². The average molecular weight is 293 g/mol. The molecule has 0 atom stereocenters. The highest BCUT2D eigenvalue weighted by Crippen LogP contribution is 2.25. The number of benzene rings is 1. The van der Waals surface area contributed by atoms with Crippen LogP contribution in [0.5, 0.6) is 0 Å². The third-order valence-electron chi connectivity index (χ3n) is 3.29. The molecule has 0 fully saturated rings. The van der Waals surface area contributed by atoms with Crippen LogP contribution in [-0.2, 0) is 0 Å². The summed E-state index contributed by atoms with van der Waals surface area (Å²) in [5, 5.41) is 6.80. The van der Waals surface area contributed by atoms with Crippen molar-refractivity contribution in [1.29, 1.82) is 0 Å². The Morgan fingerprint density at radius 1 is 1.14 bits per heavy atom. The van der Waals surface area contributed by atoms with Gasteiger partial charge in [0.25, 0.3) is 5.91 Å². The Morgan fingerprint density at radius 3 is 2.64 bits per heavy atom. The second-order valence-corrected chi connectivity index (χ2v) is 5.00. The molecule has 2 aromatic heterocycles. The molecule has 0 saturated heterocycles. The number of aromatic nitrogens is 2. The van der Waals surface area contributed by atoms with E-state index in [1.54, 1.807) is 13.1 Å². The monoisotopic (exact) mass is 293 g/mol. The van der Waals surface area contributed by atoms with E-state index >= 15 is 0 Å². The van der Waals surface area contributed by atoms with Gasteiger partial charge in [-0.05, 0) is 31.5 Å². The maximum atomic E-state index is 12.6. The molecule has 0 bridgehead atoms. The number of aryl methyl sites for hydroxylation is 2. The van der Waals surface area contributed by atoms with E-state index < -0.39 is 0 Å². The Kier molecular flexibility index (Phi) is 3.70. The molecule has 0 spiro atoms. The largest absolute Gasteiger partial charge is 0.360 e. The first-order valence-corrected chi connectivity index (χ1v) is 6.91. The van der Waals surface area contributed by atoms with E-state index in [-0.39, 0.29) is 5.91 Å².